The standard InChI is InChI=1S/C12H11NO2S/c1-8-5-7-16-11(8)10(14)9-4-3-6-13-12(9)15-2/h3-7H,1-2H3. The zero-order valence-electron chi connectivity index (χ0n) is 9.06. The fourth-order valence-electron chi connectivity index (χ4n) is 1.45. The number of carbonyl (C=O) groups is 1. The number of carbonyl (C=O) groups excluding carboxylic acids is 1. The zero-order valence-corrected chi connectivity index (χ0v) is 9.88. The van der Waals surface area contributed by atoms with Gasteiger partial charge in [-0.2, -0.15) is 0 Å². The summed E-state index contributed by atoms with van der Waals surface area (Å²) in [5.74, 6) is 0.345. The molecule has 0 bridgehead atoms. The average molecular weight is 233 g/mol. The van der Waals surface area contributed by atoms with Crippen molar-refractivity contribution in [2.45, 2.75) is 6.92 Å². The van der Waals surface area contributed by atoms with Gasteiger partial charge in [-0.1, -0.05) is 0 Å². The van der Waals surface area contributed by atoms with E-state index in [9.17, 15) is 4.79 Å². The summed E-state index contributed by atoms with van der Waals surface area (Å²) in [6.07, 6.45) is 1.61. The molecule has 2 aromatic heterocycles. The molecule has 0 N–H and O–H groups in total. The molecule has 0 aliphatic rings. The summed E-state index contributed by atoms with van der Waals surface area (Å²) in [5.41, 5.74) is 1.50. The Morgan fingerprint density at radius 3 is 2.88 bits per heavy atom. The number of pyridine rings is 1. The molecule has 0 radical (unpaired) electrons. The molecule has 0 unspecified atom stereocenters. The van der Waals surface area contributed by atoms with E-state index in [2.05, 4.69) is 4.98 Å². The normalized spacial score (nSPS) is 10.1. The molecule has 82 valence electrons. The van der Waals surface area contributed by atoms with E-state index in [1.165, 1.54) is 18.4 Å². The maximum Gasteiger partial charge on any atom is 0.224 e. The van der Waals surface area contributed by atoms with Crippen LogP contribution in [-0.4, -0.2) is 17.9 Å². The molecule has 4 heteroatoms. The van der Waals surface area contributed by atoms with Gasteiger partial charge in [0.1, 0.15) is 0 Å². The van der Waals surface area contributed by atoms with Gasteiger partial charge < -0.3 is 4.74 Å². The van der Waals surface area contributed by atoms with Crippen molar-refractivity contribution in [3.63, 3.8) is 0 Å². The second kappa shape index (κ2) is 4.45. The van der Waals surface area contributed by atoms with E-state index in [4.69, 9.17) is 4.74 Å². The lowest BCUT2D eigenvalue weighted by molar-refractivity contribution is 0.103. The zero-order chi connectivity index (χ0) is 11.5. The highest BCUT2D eigenvalue weighted by atomic mass is 32.1. The van der Waals surface area contributed by atoms with E-state index in [0.29, 0.717) is 11.4 Å². The lowest BCUT2D eigenvalue weighted by atomic mass is 10.1. The maximum absolute atomic E-state index is 12.2. The van der Waals surface area contributed by atoms with Crippen LogP contribution in [0, 0.1) is 6.92 Å². The summed E-state index contributed by atoms with van der Waals surface area (Å²) >= 11 is 1.44. The lowest BCUT2D eigenvalue weighted by Gasteiger charge is -2.05. The number of aromatic nitrogens is 1. The predicted octanol–water partition coefficient (Wildman–Crippen LogP) is 2.69. The van der Waals surface area contributed by atoms with Gasteiger partial charge >= 0.3 is 0 Å². The number of rotatable bonds is 3. The minimum Gasteiger partial charge on any atom is -0.480 e. The molecule has 2 heterocycles. The van der Waals surface area contributed by atoms with Crippen LogP contribution < -0.4 is 4.74 Å². The Bertz CT molecular complexity index is 519. The molecule has 0 saturated heterocycles. The van der Waals surface area contributed by atoms with Crippen molar-refractivity contribution >= 4 is 17.1 Å². The number of ketones is 1. The molecule has 2 aromatic rings. The van der Waals surface area contributed by atoms with Gasteiger partial charge in [0.2, 0.25) is 11.7 Å². The molecule has 0 aliphatic carbocycles. The topological polar surface area (TPSA) is 39.2 Å². The van der Waals surface area contributed by atoms with Crippen molar-refractivity contribution in [2.75, 3.05) is 7.11 Å². The number of ether oxygens (including phenoxy) is 1. The molecule has 0 aliphatic heterocycles. The number of hydrogen-bond acceptors (Lipinski definition) is 4. The van der Waals surface area contributed by atoms with Crippen LogP contribution in [0.1, 0.15) is 20.8 Å². The summed E-state index contributed by atoms with van der Waals surface area (Å²) < 4.78 is 5.08. The second-order valence-corrected chi connectivity index (χ2v) is 4.24. The van der Waals surface area contributed by atoms with E-state index >= 15 is 0 Å². The molecular formula is C12H11NO2S. The summed E-state index contributed by atoms with van der Waals surface area (Å²) in [7, 11) is 1.51. The van der Waals surface area contributed by atoms with Gasteiger partial charge in [-0.15, -0.1) is 11.3 Å². The third-order valence-corrected chi connectivity index (χ3v) is 3.29. The number of methoxy groups -OCH3 is 1. The predicted molar refractivity (Wildman–Crippen MR) is 63.3 cm³/mol. The van der Waals surface area contributed by atoms with Crippen molar-refractivity contribution in [3.8, 4) is 5.88 Å². The van der Waals surface area contributed by atoms with Crippen LogP contribution in [0.3, 0.4) is 0 Å². The van der Waals surface area contributed by atoms with Gasteiger partial charge in [0, 0.05) is 6.20 Å². The Labute approximate surface area is 97.7 Å². The third kappa shape index (κ3) is 1.84. The number of hydrogen-bond donors (Lipinski definition) is 0. The van der Waals surface area contributed by atoms with Crippen LogP contribution in [0.2, 0.25) is 0 Å². The first-order chi connectivity index (χ1) is 7.74. The van der Waals surface area contributed by atoms with Gasteiger partial charge in [0.25, 0.3) is 0 Å². The molecule has 0 atom stereocenters. The lowest BCUT2D eigenvalue weighted by Crippen LogP contribution is -2.04. The smallest absolute Gasteiger partial charge is 0.224 e. The second-order valence-electron chi connectivity index (χ2n) is 3.32. The molecular weight excluding hydrogens is 222 g/mol. The highest BCUT2D eigenvalue weighted by molar-refractivity contribution is 7.12. The van der Waals surface area contributed by atoms with E-state index < -0.39 is 0 Å². The molecule has 0 amide bonds. The van der Waals surface area contributed by atoms with Gasteiger partial charge in [-0.05, 0) is 36.1 Å². The number of thiophene rings is 1. The first-order valence-electron chi connectivity index (χ1n) is 4.82. The van der Waals surface area contributed by atoms with Crippen LogP contribution in [0.5, 0.6) is 5.88 Å². The van der Waals surface area contributed by atoms with E-state index in [-0.39, 0.29) is 5.78 Å². The first kappa shape index (κ1) is 10.8. The van der Waals surface area contributed by atoms with Crippen molar-refractivity contribution in [1.29, 1.82) is 0 Å². The quantitative estimate of drug-likeness (QED) is 0.765. The van der Waals surface area contributed by atoms with Gasteiger partial charge in [-0.3, -0.25) is 4.79 Å². The molecule has 2 rings (SSSR count). The van der Waals surface area contributed by atoms with E-state index in [1.54, 1.807) is 18.3 Å². The number of nitrogens with zero attached hydrogens (tertiary/aromatic N) is 1. The largest absolute Gasteiger partial charge is 0.480 e. The van der Waals surface area contributed by atoms with Crippen LogP contribution in [0.25, 0.3) is 0 Å². The van der Waals surface area contributed by atoms with Gasteiger partial charge in [0.15, 0.2) is 0 Å². The van der Waals surface area contributed by atoms with Gasteiger partial charge in [0.05, 0.1) is 17.6 Å². The first-order valence-corrected chi connectivity index (χ1v) is 5.70. The molecule has 16 heavy (non-hydrogen) atoms. The van der Waals surface area contributed by atoms with E-state index in [1.807, 2.05) is 18.4 Å². The summed E-state index contributed by atoms with van der Waals surface area (Å²) in [5, 5.41) is 1.91. The van der Waals surface area contributed by atoms with Crippen LogP contribution in [-0.2, 0) is 0 Å². The molecule has 0 fully saturated rings. The highest BCUT2D eigenvalue weighted by Gasteiger charge is 2.17. The van der Waals surface area contributed by atoms with Crippen molar-refractivity contribution < 1.29 is 9.53 Å². The average Bonchev–Trinajstić information content (AvgIpc) is 2.74. The molecule has 0 aromatic carbocycles. The summed E-state index contributed by atoms with van der Waals surface area (Å²) in [6, 6.07) is 5.40. The van der Waals surface area contributed by atoms with E-state index in [0.717, 1.165) is 10.4 Å². The van der Waals surface area contributed by atoms with Crippen molar-refractivity contribution in [2.24, 2.45) is 0 Å². The van der Waals surface area contributed by atoms with Crippen LogP contribution in [0.4, 0.5) is 0 Å². The van der Waals surface area contributed by atoms with Gasteiger partial charge in [-0.25, -0.2) is 4.98 Å². The fourth-order valence-corrected chi connectivity index (χ4v) is 2.33. The van der Waals surface area contributed by atoms with Crippen LogP contribution >= 0.6 is 11.3 Å². The fraction of sp³-hybridized carbons (Fsp3) is 0.167. The monoisotopic (exact) mass is 233 g/mol. The Balaban J connectivity index is 2.46. The molecule has 0 saturated carbocycles. The SMILES string of the molecule is COc1ncccc1C(=O)c1sccc1C. The highest BCUT2D eigenvalue weighted by Crippen LogP contribution is 2.23. The Morgan fingerprint density at radius 1 is 1.44 bits per heavy atom. The van der Waals surface area contributed by atoms with Crippen molar-refractivity contribution in [1.82, 2.24) is 4.98 Å². The summed E-state index contributed by atoms with van der Waals surface area (Å²) in [4.78, 5) is 17.0. The minimum atomic E-state index is -0.0301. The third-order valence-electron chi connectivity index (χ3n) is 2.28. The van der Waals surface area contributed by atoms with Crippen molar-refractivity contribution in [3.05, 3.63) is 45.8 Å². The maximum atomic E-state index is 12.2. The Morgan fingerprint density at radius 2 is 2.25 bits per heavy atom. The Kier molecular flexibility index (Phi) is 3.01. The molecule has 3 nitrogen and oxygen atoms in total. The molecule has 0 spiro atoms. The van der Waals surface area contributed by atoms with Crippen LogP contribution in [0.15, 0.2) is 29.8 Å². The number of aryl methyl sites for hydroxylation is 1. The summed E-state index contributed by atoms with van der Waals surface area (Å²) in [6.45, 7) is 1.92. The minimum absolute atomic E-state index is 0.0301. The Hall–Kier alpha value is -1.68.